The Bertz CT molecular complexity index is 587. The summed E-state index contributed by atoms with van der Waals surface area (Å²) in [6.45, 7) is 2.29. The standard InChI is InChI=1S/C11H15ClN2O4S/c1-7-9(11(15)14-3-4-18-2)5-8(6-10(7)12)19(13,16)17/h5-6H,3-4H2,1-2H3,(H,14,15)(H2,13,16,17). The highest BCUT2D eigenvalue weighted by molar-refractivity contribution is 7.89. The second-order valence-corrected chi connectivity index (χ2v) is 5.84. The molecule has 1 aromatic carbocycles. The lowest BCUT2D eigenvalue weighted by atomic mass is 10.1. The molecular weight excluding hydrogens is 292 g/mol. The van der Waals surface area contributed by atoms with E-state index in [1.54, 1.807) is 6.92 Å². The van der Waals surface area contributed by atoms with Crippen LogP contribution in [0, 0.1) is 6.92 Å². The SMILES string of the molecule is COCCNC(=O)c1cc(S(N)(=O)=O)cc(Cl)c1C. The fourth-order valence-electron chi connectivity index (χ4n) is 1.42. The normalized spacial score (nSPS) is 11.4. The van der Waals surface area contributed by atoms with Crippen LogP contribution in [0.3, 0.4) is 0 Å². The number of ether oxygens (including phenoxy) is 1. The van der Waals surface area contributed by atoms with Crippen LogP contribution < -0.4 is 10.5 Å². The number of nitrogens with one attached hydrogen (secondary N) is 1. The van der Waals surface area contributed by atoms with Crippen molar-refractivity contribution >= 4 is 27.5 Å². The third kappa shape index (κ3) is 4.17. The molecule has 0 saturated heterocycles. The van der Waals surface area contributed by atoms with Crippen molar-refractivity contribution in [2.45, 2.75) is 11.8 Å². The van der Waals surface area contributed by atoms with Crippen LogP contribution in [0.5, 0.6) is 0 Å². The molecule has 0 radical (unpaired) electrons. The summed E-state index contributed by atoms with van der Waals surface area (Å²) in [5.41, 5.74) is 0.664. The van der Waals surface area contributed by atoms with Crippen molar-refractivity contribution in [3.05, 3.63) is 28.3 Å². The predicted octanol–water partition coefficient (Wildman–Crippen LogP) is 0.672. The molecule has 0 aliphatic rings. The summed E-state index contributed by atoms with van der Waals surface area (Å²) in [6, 6.07) is 2.43. The molecule has 3 N–H and O–H groups in total. The fraction of sp³-hybridized carbons (Fsp3) is 0.364. The molecule has 1 aromatic rings. The van der Waals surface area contributed by atoms with E-state index in [2.05, 4.69) is 5.32 Å². The van der Waals surface area contributed by atoms with Crippen molar-refractivity contribution in [2.24, 2.45) is 5.14 Å². The summed E-state index contributed by atoms with van der Waals surface area (Å²) in [6.07, 6.45) is 0. The summed E-state index contributed by atoms with van der Waals surface area (Å²) in [5, 5.41) is 7.79. The number of carbonyl (C=O) groups is 1. The van der Waals surface area contributed by atoms with Gasteiger partial charge in [-0.2, -0.15) is 0 Å². The van der Waals surface area contributed by atoms with Gasteiger partial charge in [-0.25, -0.2) is 13.6 Å². The Kier molecular flexibility index (Phi) is 5.30. The van der Waals surface area contributed by atoms with Gasteiger partial charge in [0.05, 0.1) is 11.5 Å². The number of methoxy groups -OCH3 is 1. The van der Waals surface area contributed by atoms with Crippen molar-refractivity contribution in [3.63, 3.8) is 0 Å². The Morgan fingerprint density at radius 3 is 2.63 bits per heavy atom. The molecule has 6 nitrogen and oxygen atoms in total. The molecule has 0 atom stereocenters. The molecule has 8 heteroatoms. The van der Waals surface area contributed by atoms with E-state index in [0.29, 0.717) is 18.7 Å². The maximum atomic E-state index is 11.9. The molecule has 1 rings (SSSR count). The summed E-state index contributed by atoms with van der Waals surface area (Å²) < 4.78 is 27.4. The molecule has 106 valence electrons. The van der Waals surface area contributed by atoms with Crippen molar-refractivity contribution in [1.82, 2.24) is 5.32 Å². The zero-order valence-corrected chi connectivity index (χ0v) is 12.1. The van der Waals surface area contributed by atoms with Crippen LogP contribution in [0.1, 0.15) is 15.9 Å². The van der Waals surface area contributed by atoms with E-state index >= 15 is 0 Å². The smallest absolute Gasteiger partial charge is 0.251 e. The van der Waals surface area contributed by atoms with Gasteiger partial charge in [-0.3, -0.25) is 4.79 Å². The molecule has 0 aliphatic carbocycles. The van der Waals surface area contributed by atoms with E-state index in [-0.39, 0.29) is 15.5 Å². The van der Waals surface area contributed by atoms with Crippen LogP contribution in [-0.2, 0) is 14.8 Å². The highest BCUT2D eigenvalue weighted by atomic mass is 35.5. The maximum absolute atomic E-state index is 11.9. The first-order valence-electron chi connectivity index (χ1n) is 5.37. The quantitative estimate of drug-likeness (QED) is 0.781. The van der Waals surface area contributed by atoms with Crippen LogP contribution >= 0.6 is 11.6 Å². The van der Waals surface area contributed by atoms with E-state index in [4.69, 9.17) is 21.5 Å². The zero-order chi connectivity index (χ0) is 14.6. The zero-order valence-electron chi connectivity index (χ0n) is 10.6. The first-order valence-corrected chi connectivity index (χ1v) is 7.30. The molecule has 0 fully saturated rings. The van der Waals surface area contributed by atoms with E-state index in [9.17, 15) is 13.2 Å². The van der Waals surface area contributed by atoms with Crippen LogP contribution in [0.4, 0.5) is 0 Å². The average molecular weight is 307 g/mol. The van der Waals surface area contributed by atoms with Crippen molar-refractivity contribution in [1.29, 1.82) is 0 Å². The molecule has 0 unspecified atom stereocenters. The molecule has 0 saturated carbocycles. The van der Waals surface area contributed by atoms with Gasteiger partial charge >= 0.3 is 0 Å². The fourth-order valence-corrected chi connectivity index (χ4v) is 2.26. The van der Waals surface area contributed by atoms with Crippen LogP contribution in [0.25, 0.3) is 0 Å². The summed E-state index contributed by atoms with van der Waals surface area (Å²) in [4.78, 5) is 11.7. The van der Waals surface area contributed by atoms with Gasteiger partial charge in [-0.05, 0) is 24.6 Å². The minimum absolute atomic E-state index is 0.170. The predicted molar refractivity (Wildman–Crippen MR) is 71.8 cm³/mol. The molecule has 0 bridgehead atoms. The summed E-state index contributed by atoms with van der Waals surface area (Å²) in [5.74, 6) is -0.429. The second-order valence-electron chi connectivity index (χ2n) is 3.87. The van der Waals surface area contributed by atoms with Gasteiger partial charge < -0.3 is 10.1 Å². The minimum atomic E-state index is -3.91. The Balaban J connectivity index is 3.13. The molecule has 1 amide bonds. The molecule has 0 heterocycles. The molecule has 0 spiro atoms. The lowest BCUT2D eigenvalue weighted by molar-refractivity contribution is 0.0936. The van der Waals surface area contributed by atoms with Crippen LogP contribution in [-0.4, -0.2) is 34.6 Å². The topological polar surface area (TPSA) is 98.5 Å². The number of rotatable bonds is 5. The van der Waals surface area contributed by atoms with Gasteiger partial charge in [0.2, 0.25) is 10.0 Å². The summed E-state index contributed by atoms with van der Waals surface area (Å²) >= 11 is 5.91. The molecular formula is C11H15ClN2O4S. The van der Waals surface area contributed by atoms with E-state index in [1.165, 1.54) is 19.2 Å². The van der Waals surface area contributed by atoms with Gasteiger partial charge in [0.25, 0.3) is 5.91 Å². The highest BCUT2D eigenvalue weighted by Gasteiger charge is 2.17. The van der Waals surface area contributed by atoms with E-state index in [0.717, 1.165) is 0 Å². The monoisotopic (exact) mass is 306 g/mol. The number of amides is 1. The number of primary sulfonamides is 1. The number of hydrogen-bond acceptors (Lipinski definition) is 4. The Morgan fingerprint density at radius 2 is 2.11 bits per heavy atom. The van der Waals surface area contributed by atoms with E-state index in [1.807, 2.05) is 0 Å². The number of nitrogens with two attached hydrogens (primary N) is 1. The van der Waals surface area contributed by atoms with E-state index < -0.39 is 15.9 Å². The average Bonchev–Trinajstić information content (AvgIpc) is 2.31. The van der Waals surface area contributed by atoms with Crippen LogP contribution in [0.15, 0.2) is 17.0 Å². The molecule has 0 aromatic heterocycles. The lowest BCUT2D eigenvalue weighted by Gasteiger charge is -2.10. The third-order valence-corrected chi connectivity index (χ3v) is 3.77. The molecule has 19 heavy (non-hydrogen) atoms. The largest absolute Gasteiger partial charge is 0.383 e. The Morgan fingerprint density at radius 1 is 1.47 bits per heavy atom. The van der Waals surface area contributed by atoms with Crippen molar-refractivity contribution in [2.75, 3.05) is 20.3 Å². The number of halogens is 1. The van der Waals surface area contributed by atoms with Gasteiger partial charge in [0.1, 0.15) is 0 Å². The first kappa shape index (κ1) is 15.9. The first-order chi connectivity index (χ1) is 8.77. The van der Waals surface area contributed by atoms with Crippen LogP contribution in [0.2, 0.25) is 5.02 Å². The van der Waals surface area contributed by atoms with Gasteiger partial charge in [0.15, 0.2) is 0 Å². The van der Waals surface area contributed by atoms with Gasteiger partial charge in [-0.15, -0.1) is 0 Å². The summed E-state index contributed by atoms with van der Waals surface area (Å²) in [7, 11) is -2.40. The Labute approximate surface area is 116 Å². The minimum Gasteiger partial charge on any atom is -0.383 e. The number of benzene rings is 1. The maximum Gasteiger partial charge on any atom is 0.251 e. The molecule has 0 aliphatic heterocycles. The number of hydrogen-bond donors (Lipinski definition) is 2. The third-order valence-electron chi connectivity index (χ3n) is 2.48. The highest BCUT2D eigenvalue weighted by Crippen LogP contribution is 2.23. The number of sulfonamides is 1. The second kappa shape index (κ2) is 6.33. The Hall–Kier alpha value is -1.15. The lowest BCUT2D eigenvalue weighted by Crippen LogP contribution is -2.28. The van der Waals surface area contributed by atoms with Gasteiger partial charge in [0, 0.05) is 24.2 Å². The van der Waals surface area contributed by atoms with Gasteiger partial charge in [-0.1, -0.05) is 11.6 Å². The van der Waals surface area contributed by atoms with Crippen molar-refractivity contribution in [3.8, 4) is 0 Å². The number of carbonyl (C=O) groups excluding carboxylic acids is 1. The van der Waals surface area contributed by atoms with Crippen molar-refractivity contribution < 1.29 is 17.9 Å².